The summed E-state index contributed by atoms with van der Waals surface area (Å²) >= 11 is 1.19. The van der Waals surface area contributed by atoms with Gasteiger partial charge in [0.2, 0.25) is 0 Å². The Balaban J connectivity index is 2.70. The van der Waals surface area contributed by atoms with Gasteiger partial charge in [-0.2, -0.15) is 0 Å². The van der Waals surface area contributed by atoms with Gasteiger partial charge in [-0.25, -0.2) is 0 Å². The van der Waals surface area contributed by atoms with E-state index in [1.165, 1.54) is 18.9 Å². The number of methoxy groups -OCH3 is 1. The fourth-order valence-electron chi connectivity index (χ4n) is 1.13. The Morgan fingerprint density at radius 2 is 2.00 bits per heavy atom. The molecule has 0 fully saturated rings. The first-order chi connectivity index (χ1) is 7.63. The lowest BCUT2D eigenvalue weighted by molar-refractivity contribution is -0.144. The Morgan fingerprint density at radius 1 is 1.38 bits per heavy atom. The van der Waals surface area contributed by atoms with E-state index in [1.54, 1.807) is 0 Å². The second kappa shape index (κ2) is 6.17. The van der Waals surface area contributed by atoms with Gasteiger partial charge in [0, 0.05) is 4.90 Å². The molecule has 0 saturated carbocycles. The molecule has 0 aliphatic rings. The van der Waals surface area contributed by atoms with Crippen LogP contribution in [-0.4, -0.2) is 29.4 Å². The third-order valence-corrected chi connectivity index (χ3v) is 3.03. The quantitative estimate of drug-likeness (QED) is 0.628. The Hall–Kier alpha value is -1.49. The van der Waals surface area contributed by atoms with Crippen molar-refractivity contribution >= 4 is 23.7 Å². The Labute approximate surface area is 97.6 Å². The van der Waals surface area contributed by atoms with Crippen LogP contribution in [0.25, 0.3) is 0 Å². The lowest BCUT2D eigenvalue weighted by atomic mass is 10.3. The second-order valence-corrected chi connectivity index (χ2v) is 4.32. The predicted octanol–water partition coefficient (Wildman–Crippen LogP) is 1.79. The number of carbonyl (C=O) groups excluding carboxylic acids is 1. The average molecular weight is 240 g/mol. The maximum absolute atomic E-state index is 11.3. The van der Waals surface area contributed by atoms with Crippen LogP contribution in [0.1, 0.15) is 6.42 Å². The van der Waals surface area contributed by atoms with E-state index in [2.05, 4.69) is 4.74 Å². The van der Waals surface area contributed by atoms with Gasteiger partial charge >= 0.3 is 11.9 Å². The summed E-state index contributed by atoms with van der Waals surface area (Å²) < 4.78 is 4.56. The molecule has 0 amide bonds. The van der Waals surface area contributed by atoms with Gasteiger partial charge in [-0.1, -0.05) is 18.2 Å². The minimum Gasteiger partial charge on any atom is -0.481 e. The molecule has 1 aromatic rings. The molecule has 86 valence electrons. The summed E-state index contributed by atoms with van der Waals surface area (Å²) in [5, 5.41) is 7.98. The number of carboxylic acid groups (broad SMARTS) is 1. The predicted molar refractivity (Wildman–Crippen MR) is 60.4 cm³/mol. The molecule has 1 rings (SSSR count). The van der Waals surface area contributed by atoms with E-state index in [-0.39, 0.29) is 6.42 Å². The molecule has 0 bridgehead atoms. The highest BCUT2D eigenvalue weighted by Gasteiger charge is 2.23. The Morgan fingerprint density at radius 3 is 2.50 bits per heavy atom. The molecule has 0 radical (unpaired) electrons. The van der Waals surface area contributed by atoms with Crippen molar-refractivity contribution in [2.75, 3.05) is 7.11 Å². The minimum atomic E-state index is -1.01. The molecule has 0 spiro atoms. The summed E-state index contributed by atoms with van der Waals surface area (Å²) in [4.78, 5) is 22.8. The fourth-order valence-corrected chi connectivity index (χ4v) is 2.19. The SMILES string of the molecule is COC(=O)C(CC(=O)O)Sc1ccccc1. The van der Waals surface area contributed by atoms with Crippen LogP contribution in [0.4, 0.5) is 0 Å². The number of ether oxygens (including phenoxy) is 1. The van der Waals surface area contributed by atoms with Crippen molar-refractivity contribution in [1.82, 2.24) is 0 Å². The molecule has 0 aromatic heterocycles. The Kier molecular flexibility index (Phi) is 4.85. The van der Waals surface area contributed by atoms with E-state index >= 15 is 0 Å². The third kappa shape index (κ3) is 3.94. The smallest absolute Gasteiger partial charge is 0.319 e. The average Bonchev–Trinajstić information content (AvgIpc) is 2.28. The molecule has 0 aliphatic carbocycles. The number of benzene rings is 1. The summed E-state index contributed by atoms with van der Waals surface area (Å²) in [6, 6.07) is 9.16. The van der Waals surface area contributed by atoms with Crippen molar-refractivity contribution in [3.05, 3.63) is 30.3 Å². The number of esters is 1. The number of carbonyl (C=O) groups is 2. The van der Waals surface area contributed by atoms with Crippen LogP contribution in [0.5, 0.6) is 0 Å². The molecule has 1 aromatic carbocycles. The summed E-state index contributed by atoms with van der Waals surface area (Å²) in [5.41, 5.74) is 0. The van der Waals surface area contributed by atoms with E-state index in [9.17, 15) is 9.59 Å². The molecule has 0 heterocycles. The summed E-state index contributed by atoms with van der Waals surface area (Å²) in [6.07, 6.45) is -0.244. The van der Waals surface area contributed by atoms with Crippen LogP contribution in [-0.2, 0) is 14.3 Å². The maximum Gasteiger partial charge on any atom is 0.319 e. The van der Waals surface area contributed by atoms with Crippen molar-refractivity contribution in [1.29, 1.82) is 0 Å². The van der Waals surface area contributed by atoms with E-state index in [0.717, 1.165) is 4.90 Å². The molecule has 0 aliphatic heterocycles. The first-order valence-electron chi connectivity index (χ1n) is 4.65. The largest absolute Gasteiger partial charge is 0.481 e. The lowest BCUT2D eigenvalue weighted by Gasteiger charge is -2.11. The van der Waals surface area contributed by atoms with Crippen LogP contribution < -0.4 is 0 Å². The number of aliphatic carboxylic acids is 1. The maximum atomic E-state index is 11.3. The number of thioether (sulfide) groups is 1. The van der Waals surface area contributed by atoms with Crippen molar-refractivity contribution in [3.63, 3.8) is 0 Å². The van der Waals surface area contributed by atoms with Gasteiger partial charge in [0.05, 0.1) is 13.5 Å². The van der Waals surface area contributed by atoms with Crippen LogP contribution >= 0.6 is 11.8 Å². The highest BCUT2D eigenvalue weighted by Crippen LogP contribution is 2.25. The standard InChI is InChI=1S/C11H12O4S/c1-15-11(14)9(7-10(12)13)16-8-5-3-2-4-6-8/h2-6,9H,7H2,1H3,(H,12,13). The molecule has 5 heteroatoms. The topological polar surface area (TPSA) is 63.6 Å². The van der Waals surface area contributed by atoms with Crippen LogP contribution in [0.3, 0.4) is 0 Å². The number of hydrogen-bond donors (Lipinski definition) is 1. The molecule has 1 N–H and O–H groups in total. The van der Waals surface area contributed by atoms with Crippen molar-refractivity contribution in [2.45, 2.75) is 16.6 Å². The normalized spacial score (nSPS) is 11.8. The summed E-state index contributed by atoms with van der Waals surface area (Å²) in [6.45, 7) is 0. The van der Waals surface area contributed by atoms with Crippen molar-refractivity contribution in [2.24, 2.45) is 0 Å². The van der Waals surface area contributed by atoms with Crippen LogP contribution in [0.2, 0.25) is 0 Å². The molecular formula is C11H12O4S. The van der Waals surface area contributed by atoms with Gasteiger partial charge in [0.25, 0.3) is 0 Å². The molecule has 16 heavy (non-hydrogen) atoms. The van der Waals surface area contributed by atoms with Gasteiger partial charge < -0.3 is 9.84 Å². The highest BCUT2D eigenvalue weighted by atomic mass is 32.2. The molecule has 1 atom stereocenters. The monoisotopic (exact) mass is 240 g/mol. The molecule has 4 nitrogen and oxygen atoms in total. The molecule has 0 saturated heterocycles. The zero-order valence-electron chi connectivity index (χ0n) is 8.75. The lowest BCUT2D eigenvalue weighted by Crippen LogP contribution is -2.22. The van der Waals surface area contributed by atoms with Crippen LogP contribution in [0.15, 0.2) is 35.2 Å². The minimum absolute atomic E-state index is 0.244. The first kappa shape index (κ1) is 12.6. The molecular weight excluding hydrogens is 228 g/mol. The van der Waals surface area contributed by atoms with Gasteiger partial charge in [-0.3, -0.25) is 9.59 Å². The van der Waals surface area contributed by atoms with Gasteiger partial charge in [-0.15, -0.1) is 11.8 Å². The van der Waals surface area contributed by atoms with Crippen LogP contribution in [0, 0.1) is 0 Å². The summed E-state index contributed by atoms with van der Waals surface area (Å²) in [7, 11) is 1.25. The van der Waals surface area contributed by atoms with E-state index in [1.807, 2.05) is 30.3 Å². The number of carboxylic acids is 1. The van der Waals surface area contributed by atoms with E-state index in [0.29, 0.717) is 0 Å². The molecule has 1 unspecified atom stereocenters. The first-order valence-corrected chi connectivity index (χ1v) is 5.52. The highest BCUT2D eigenvalue weighted by molar-refractivity contribution is 8.00. The van der Waals surface area contributed by atoms with Gasteiger partial charge in [0.1, 0.15) is 5.25 Å². The number of hydrogen-bond acceptors (Lipinski definition) is 4. The van der Waals surface area contributed by atoms with E-state index < -0.39 is 17.2 Å². The van der Waals surface area contributed by atoms with Crippen molar-refractivity contribution < 1.29 is 19.4 Å². The zero-order valence-corrected chi connectivity index (χ0v) is 9.57. The fraction of sp³-hybridized carbons (Fsp3) is 0.273. The second-order valence-electron chi connectivity index (χ2n) is 3.04. The van der Waals surface area contributed by atoms with E-state index in [4.69, 9.17) is 5.11 Å². The zero-order chi connectivity index (χ0) is 12.0. The van der Waals surface area contributed by atoms with Gasteiger partial charge in [-0.05, 0) is 12.1 Å². The third-order valence-electron chi connectivity index (χ3n) is 1.85. The van der Waals surface area contributed by atoms with Crippen molar-refractivity contribution in [3.8, 4) is 0 Å². The summed E-state index contributed by atoms with van der Waals surface area (Å²) in [5.74, 6) is -1.53. The Bertz CT molecular complexity index is 364. The number of rotatable bonds is 5. The van der Waals surface area contributed by atoms with Gasteiger partial charge in [0.15, 0.2) is 0 Å².